The van der Waals surface area contributed by atoms with E-state index in [9.17, 15) is 35.1 Å². The maximum absolute atomic E-state index is 13.7. The highest BCUT2D eigenvalue weighted by Gasteiger charge is 2.44. The Kier molecular flexibility index (Phi) is 9.53. The molecule has 9 nitrogen and oxygen atoms in total. The van der Waals surface area contributed by atoms with Crippen LogP contribution in [0.2, 0.25) is 5.15 Å². The number of anilines is 3. The molecule has 0 aliphatic carbocycles. The van der Waals surface area contributed by atoms with Crippen LogP contribution in [0, 0.1) is 5.82 Å². The van der Waals surface area contributed by atoms with Gasteiger partial charge < -0.3 is 15.4 Å². The van der Waals surface area contributed by atoms with Crippen molar-refractivity contribution in [3.8, 4) is 5.75 Å². The van der Waals surface area contributed by atoms with E-state index in [-0.39, 0.29) is 47.3 Å². The second-order valence-corrected chi connectivity index (χ2v) is 8.84. The highest BCUT2D eigenvalue weighted by atomic mass is 35.5. The van der Waals surface area contributed by atoms with Gasteiger partial charge in [-0.05, 0) is 47.5 Å². The summed E-state index contributed by atoms with van der Waals surface area (Å²) in [5.74, 6) is -2.72. The average molecular weight is 633 g/mol. The van der Waals surface area contributed by atoms with Crippen LogP contribution in [0.25, 0.3) is 0 Å². The molecule has 2 aromatic heterocycles. The van der Waals surface area contributed by atoms with Gasteiger partial charge in [0.2, 0.25) is 11.9 Å². The van der Waals surface area contributed by atoms with Crippen LogP contribution in [-0.2, 0) is 19.3 Å². The number of nitrogens with zero attached hydrogens (tertiary/aromatic N) is 6. The summed E-state index contributed by atoms with van der Waals surface area (Å²) < 4.78 is 109. The summed E-state index contributed by atoms with van der Waals surface area (Å²) in [5.41, 5.74) is -0.806. The van der Waals surface area contributed by atoms with Crippen molar-refractivity contribution >= 4 is 35.1 Å². The molecule has 0 amide bonds. The summed E-state index contributed by atoms with van der Waals surface area (Å²) in [6, 6.07) is 10.2. The number of rotatable bonds is 11. The molecule has 0 spiro atoms. The number of benzene rings is 2. The Balaban J connectivity index is 1.56. The van der Waals surface area contributed by atoms with Crippen molar-refractivity contribution in [3.05, 3.63) is 88.5 Å². The predicted molar refractivity (Wildman–Crippen MR) is 137 cm³/mol. The number of hydrogen-bond donors (Lipinski definition) is 2. The standard InChI is InChI=1S/C25H17ClF8N8O/c26-19-7-4-14(10-35-19)11-36-21-39-22(38-15-5-6-18(27)17(9-15)24(30,31)32)41-23(40-21)42-37-12-13-2-1-3-16(8-13)43-25(33,34)20(28)29/h1-10,20H,11-12H2,(H2,36,38,39,40,41). The van der Waals surface area contributed by atoms with Crippen molar-refractivity contribution in [3.63, 3.8) is 0 Å². The average Bonchev–Trinajstić information content (AvgIpc) is 2.93. The van der Waals surface area contributed by atoms with Gasteiger partial charge in [-0.3, -0.25) is 0 Å². The van der Waals surface area contributed by atoms with Crippen LogP contribution in [-0.4, -0.2) is 32.5 Å². The molecule has 0 fully saturated rings. The molecular formula is C25H17ClF8N8O. The molecule has 43 heavy (non-hydrogen) atoms. The van der Waals surface area contributed by atoms with Crippen molar-refractivity contribution in [2.45, 2.75) is 31.8 Å². The third-order valence-electron chi connectivity index (χ3n) is 5.21. The number of alkyl halides is 7. The minimum atomic E-state index is -4.96. The van der Waals surface area contributed by atoms with Crippen molar-refractivity contribution in [1.29, 1.82) is 0 Å². The van der Waals surface area contributed by atoms with Gasteiger partial charge in [0.25, 0.3) is 5.95 Å². The molecule has 0 saturated heterocycles. The highest BCUT2D eigenvalue weighted by molar-refractivity contribution is 6.29. The first-order valence-corrected chi connectivity index (χ1v) is 12.2. The predicted octanol–water partition coefficient (Wildman–Crippen LogP) is 7.95. The van der Waals surface area contributed by atoms with Gasteiger partial charge >= 0.3 is 18.7 Å². The molecule has 0 atom stereocenters. The molecule has 4 aromatic rings. The lowest BCUT2D eigenvalue weighted by molar-refractivity contribution is -0.253. The Hall–Kier alpha value is -4.67. The van der Waals surface area contributed by atoms with Crippen molar-refractivity contribution in [2.75, 3.05) is 10.6 Å². The molecule has 0 bridgehead atoms. The zero-order valence-electron chi connectivity index (χ0n) is 21.3. The highest BCUT2D eigenvalue weighted by Crippen LogP contribution is 2.34. The van der Waals surface area contributed by atoms with E-state index in [0.717, 1.165) is 18.2 Å². The van der Waals surface area contributed by atoms with Gasteiger partial charge in [-0.2, -0.15) is 50.8 Å². The van der Waals surface area contributed by atoms with E-state index in [1.807, 2.05) is 0 Å². The Morgan fingerprint density at radius 1 is 0.907 bits per heavy atom. The molecule has 2 N–H and O–H groups in total. The first-order valence-electron chi connectivity index (χ1n) is 11.8. The second kappa shape index (κ2) is 13.1. The summed E-state index contributed by atoms with van der Waals surface area (Å²) >= 11 is 5.78. The Morgan fingerprint density at radius 3 is 2.37 bits per heavy atom. The quantitative estimate of drug-likeness (QED) is 0.0981. The molecule has 4 rings (SSSR count). The number of hydrogen-bond acceptors (Lipinski definition) is 9. The van der Waals surface area contributed by atoms with Crippen LogP contribution in [0.5, 0.6) is 5.75 Å². The number of azo groups is 1. The second-order valence-electron chi connectivity index (χ2n) is 8.45. The van der Waals surface area contributed by atoms with E-state index in [1.54, 1.807) is 12.1 Å². The lowest BCUT2D eigenvalue weighted by Gasteiger charge is -2.16. The van der Waals surface area contributed by atoms with Crippen LogP contribution < -0.4 is 15.4 Å². The summed E-state index contributed by atoms with van der Waals surface area (Å²) in [4.78, 5) is 16.1. The Morgan fingerprint density at radius 2 is 1.67 bits per heavy atom. The van der Waals surface area contributed by atoms with Crippen LogP contribution in [0.15, 0.2) is 71.0 Å². The lowest BCUT2D eigenvalue weighted by Crippen LogP contribution is -2.33. The van der Waals surface area contributed by atoms with Crippen LogP contribution >= 0.6 is 11.6 Å². The minimum absolute atomic E-state index is 0.0933. The molecule has 0 aliphatic heterocycles. The van der Waals surface area contributed by atoms with E-state index in [4.69, 9.17) is 11.6 Å². The zero-order chi connectivity index (χ0) is 31.2. The van der Waals surface area contributed by atoms with Gasteiger partial charge in [-0.15, -0.1) is 5.11 Å². The summed E-state index contributed by atoms with van der Waals surface area (Å²) in [6.45, 7) is -0.118. The first-order chi connectivity index (χ1) is 20.3. The van der Waals surface area contributed by atoms with E-state index >= 15 is 0 Å². The van der Waals surface area contributed by atoms with E-state index < -0.39 is 35.8 Å². The van der Waals surface area contributed by atoms with E-state index in [0.29, 0.717) is 17.7 Å². The van der Waals surface area contributed by atoms with Crippen LogP contribution in [0.1, 0.15) is 16.7 Å². The third-order valence-corrected chi connectivity index (χ3v) is 5.43. The van der Waals surface area contributed by atoms with E-state index in [1.165, 1.54) is 18.3 Å². The molecule has 226 valence electrons. The van der Waals surface area contributed by atoms with Gasteiger partial charge in [0.1, 0.15) is 16.7 Å². The van der Waals surface area contributed by atoms with Crippen molar-refractivity contribution in [1.82, 2.24) is 19.9 Å². The molecule has 2 aromatic carbocycles. The zero-order valence-corrected chi connectivity index (χ0v) is 22.0. The first kappa shape index (κ1) is 31.3. The SMILES string of the molecule is Fc1ccc(Nc2nc(N=NCc3cccc(OC(F)(F)C(F)F)c3)nc(NCc3ccc(Cl)nc3)n2)cc1C(F)(F)F. The molecule has 0 radical (unpaired) electrons. The molecule has 2 heterocycles. The molecule has 0 saturated carbocycles. The fourth-order valence-electron chi connectivity index (χ4n) is 3.28. The van der Waals surface area contributed by atoms with Crippen molar-refractivity contribution in [2.24, 2.45) is 10.2 Å². The van der Waals surface area contributed by atoms with Gasteiger partial charge in [0.05, 0.1) is 12.1 Å². The largest absolute Gasteiger partial charge is 0.461 e. The minimum Gasteiger partial charge on any atom is -0.428 e. The number of nitrogens with one attached hydrogen (secondary N) is 2. The number of pyridine rings is 1. The van der Waals surface area contributed by atoms with E-state index in [2.05, 4.69) is 45.5 Å². The number of ether oxygens (including phenoxy) is 1. The lowest BCUT2D eigenvalue weighted by atomic mass is 10.2. The summed E-state index contributed by atoms with van der Waals surface area (Å²) in [6.07, 6.45) is -12.2. The van der Waals surface area contributed by atoms with Crippen molar-refractivity contribution < 1.29 is 39.9 Å². The van der Waals surface area contributed by atoms with Crippen LogP contribution in [0.3, 0.4) is 0 Å². The monoisotopic (exact) mass is 632 g/mol. The normalized spacial score (nSPS) is 12.1. The maximum atomic E-state index is 13.7. The number of halogens is 9. The number of aromatic nitrogens is 4. The van der Waals surface area contributed by atoms with Gasteiger partial charge in [0, 0.05) is 18.4 Å². The molecule has 18 heteroatoms. The van der Waals surface area contributed by atoms with Crippen LogP contribution in [0.4, 0.5) is 58.7 Å². The molecular weight excluding hydrogens is 616 g/mol. The molecule has 0 aliphatic rings. The molecule has 0 unspecified atom stereocenters. The fourth-order valence-corrected chi connectivity index (χ4v) is 3.39. The van der Waals surface area contributed by atoms with Gasteiger partial charge in [0.15, 0.2) is 0 Å². The summed E-state index contributed by atoms with van der Waals surface area (Å²) in [7, 11) is 0. The third kappa shape index (κ3) is 8.91. The smallest absolute Gasteiger partial charge is 0.428 e. The summed E-state index contributed by atoms with van der Waals surface area (Å²) in [5, 5.41) is 13.4. The maximum Gasteiger partial charge on any atom is 0.461 e. The topological polar surface area (TPSA) is 110 Å². The Labute approximate surface area is 242 Å². The van der Waals surface area contributed by atoms with Gasteiger partial charge in [-0.1, -0.05) is 29.8 Å². The Bertz CT molecular complexity index is 1590. The fraction of sp³-hybridized carbons (Fsp3) is 0.200. The van der Waals surface area contributed by atoms with Gasteiger partial charge in [-0.25, -0.2) is 9.37 Å².